The molecule has 0 aliphatic carbocycles. The second-order valence-corrected chi connectivity index (χ2v) is 3.62. The van der Waals surface area contributed by atoms with Gasteiger partial charge in [-0.3, -0.25) is 4.98 Å². The van der Waals surface area contributed by atoms with Gasteiger partial charge in [-0.2, -0.15) is 15.0 Å². The van der Waals surface area contributed by atoms with E-state index in [1.54, 1.807) is 17.2 Å². The monoisotopic (exact) mass is 210 g/mol. The zero-order valence-corrected chi connectivity index (χ0v) is 8.83. The van der Waals surface area contributed by atoms with Gasteiger partial charge in [0.25, 0.3) is 0 Å². The Morgan fingerprint density at radius 2 is 2.06 bits per heavy atom. The van der Waals surface area contributed by atoms with Gasteiger partial charge in [-0.1, -0.05) is 6.07 Å². The van der Waals surface area contributed by atoms with Gasteiger partial charge in [-0.15, -0.1) is 0 Å². The van der Waals surface area contributed by atoms with Crippen molar-refractivity contribution in [3.05, 3.63) is 48.4 Å². The predicted molar refractivity (Wildman–Crippen MR) is 61.4 cm³/mol. The van der Waals surface area contributed by atoms with Crippen molar-refractivity contribution in [2.75, 3.05) is 0 Å². The third-order valence-corrected chi connectivity index (χ3v) is 2.44. The fourth-order valence-corrected chi connectivity index (χ4v) is 1.72. The van der Waals surface area contributed by atoms with Crippen molar-refractivity contribution in [1.82, 2.24) is 20.0 Å². The molecule has 0 saturated heterocycles. The van der Waals surface area contributed by atoms with Gasteiger partial charge in [-0.25, -0.2) is 0 Å². The van der Waals surface area contributed by atoms with Crippen molar-refractivity contribution >= 4 is 10.9 Å². The number of benzene rings is 1. The molecule has 0 amide bonds. The van der Waals surface area contributed by atoms with E-state index >= 15 is 0 Å². The maximum absolute atomic E-state index is 4.31. The molecule has 0 fully saturated rings. The zero-order valence-electron chi connectivity index (χ0n) is 8.83. The normalized spacial score (nSPS) is 10.8. The summed E-state index contributed by atoms with van der Waals surface area (Å²) in [6, 6.07) is 9.88. The summed E-state index contributed by atoms with van der Waals surface area (Å²) < 4.78 is 0. The van der Waals surface area contributed by atoms with Gasteiger partial charge in [0.2, 0.25) is 0 Å². The summed E-state index contributed by atoms with van der Waals surface area (Å²) in [6.45, 7) is 1.92. The van der Waals surface area contributed by atoms with E-state index in [9.17, 15) is 0 Å². The molecule has 3 aromatic rings. The Labute approximate surface area is 92.6 Å². The van der Waals surface area contributed by atoms with Crippen LogP contribution in [0, 0.1) is 6.92 Å². The highest BCUT2D eigenvalue weighted by atomic mass is 15.5. The quantitative estimate of drug-likeness (QED) is 0.618. The molecule has 2 aromatic heterocycles. The highest BCUT2D eigenvalue weighted by Gasteiger charge is 2.04. The minimum absolute atomic E-state index is 0.904. The number of fused-ring (bicyclic) bond motifs is 1. The first-order valence-electron chi connectivity index (χ1n) is 5.08. The fraction of sp³-hybridized carbons (Fsp3) is 0.0833. The molecule has 0 unspecified atom stereocenters. The lowest BCUT2D eigenvalue weighted by Gasteiger charge is -2.03. The molecule has 3 rings (SSSR count). The topological polar surface area (TPSA) is 43.6 Å². The number of hydrogen-bond acceptors (Lipinski definition) is 3. The molecule has 0 aliphatic heterocycles. The maximum atomic E-state index is 4.31. The van der Waals surface area contributed by atoms with Crippen LogP contribution < -0.4 is 0 Å². The standard InChI is InChI=1S/C12H10N4/c1-9-8-14-16(15-9)12-6-2-5-11-10(12)4-3-7-13-11/h2-8H,1H3. The molecular weight excluding hydrogens is 200 g/mol. The van der Waals surface area contributed by atoms with Crippen molar-refractivity contribution < 1.29 is 0 Å². The van der Waals surface area contributed by atoms with Gasteiger partial charge in [0.15, 0.2) is 0 Å². The number of pyridine rings is 1. The number of nitrogens with zero attached hydrogens (tertiary/aromatic N) is 4. The van der Waals surface area contributed by atoms with E-state index in [1.165, 1.54) is 0 Å². The minimum Gasteiger partial charge on any atom is -0.256 e. The van der Waals surface area contributed by atoms with Crippen LogP contribution in [0.5, 0.6) is 0 Å². The Kier molecular flexibility index (Phi) is 1.93. The summed E-state index contributed by atoms with van der Waals surface area (Å²) in [5.74, 6) is 0. The van der Waals surface area contributed by atoms with Gasteiger partial charge in [0.1, 0.15) is 0 Å². The van der Waals surface area contributed by atoms with Crippen molar-refractivity contribution in [2.24, 2.45) is 0 Å². The third kappa shape index (κ3) is 1.35. The molecule has 0 bridgehead atoms. The lowest BCUT2D eigenvalue weighted by Crippen LogP contribution is -1.99. The van der Waals surface area contributed by atoms with Crippen LogP contribution in [0.3, 0.4) is 0 Å². The summed E-state index contributed by atoms with van der Waals surface area (Å²) in [5.41, 5.74) is 2.81. The second kappa shape index (κ2) is 3.41. The van der Waals surface area contributed by atoms with Crippen molar-refractivity contribution in [3.63, 3.8) is 0 Å². The van der Waals surface area contributed by atoms with E-state index in [0.717, 1.165) is 22.3 Å². The molecular formula is C12H10N4. The van der Waals surface area contributed by atoms with E-state index in [-0.39, 0.29) is 0 Å². The van der Waals surface area contributed by atoms with Crippen LogP contribution in [0.4, 0.5) is 0 Å². The first-order chi connectivity index (χ1) is 7.84. The summed E-state index contributed by atoms with van der Waals surface area (Å²) in [4.78, 5) is 5.94. The van der Waals surface area contributed by atoms with Crippen LogP contribution in [0.25, 0.3) is 16.6 Å². The van der Waals surface area contributed by atoms with E-state index in [4.69, 9.17) is 0 Å². The lowest BCUT2D eigenvalue weighted by molar-refractivity contribution is 0.751. The van der Waals surface area contributed by atoms with Gasteiger partial charge in [-0.05, 0) is 31.2 Å². The van der Waals surface area contributed by atoms with E-state index in [0.29, 0.717) is 0 Å². The van der Waals surface area contributed by atoms with E-state index in [2.05, 4.69) is 15.2 Å². The van der Waals surface area contributed by atoms with Crippen molar-refractivity contribution in [3.8, 4) is 5.69 Å². The average Bonchev–Trinajstić information content (AvgIpc) is 2.75. The molecule has 0 N–H and O–H groups in total. The molecule has 2 heterocycles. The van der Waals surface area contributed by atoms with E-state index < -0.39 is 0 Å². The van der Waals surface area contributed by atoms with Crippen LogP contribution in [0.15, 0.2) is 42.7 Å². The summed E-state index contributed by atoms with van der Waals surface area (Å²) in [7, 11) is 0. The van der Waals surface area contributed by atoms with Crippen LogP contribution in [0.1, 0.15) is 5.69 Å². The summed E-state index contributed by atoms with van der Waals surface area (Å²) >= 11 is 0. The van der Waals surface area contributed by atoms with E-state index in [1.807, 2.05) is 37.3 Å². The Morgan fingerprint density at radius 1 is 1.12 bits per heavy atom. The Morgan fingerprint density at radius 3 is 2.88 bits per heavy atom. The number of aromatic nitrogens is 4. The molecule has 78 valence electrons. The van der Waals surface area contributed by atoms with Crippen LogP contribution in [-0.2, 0) is 0 Å². The Bertz CT molecular complexity index is 637. The molecule has 16 heavy (non-hydrogen) atoms. The largest absolute Gasteiger partial charge is 0.256 e. The lowest BCUT2D eigenvalue weighted by atomic mass is 10.2. The summed E-state index contributed by atoms with van der Waals surface area (Å²) in [6.07, 6.45) is 3.53. The second-order valence-electron chi connectivity index (χ2n) is 3.62. The molecule has 4 nitrogen and oxygen atoms in total. The summed E-state index contributed by atoms with van der Waals surface area (Å²) in [5, 5.41) is 9.58. The molecule has 0 saturated carbocycles. The molecule has 0 spiro atoms. The van der Waals surface area contributed by atoms with Gasteiger partial charge in [0, 0.05) is 11.6 Å². The van der Waals surface area contributed by atoms with Crippen LogP contribution in [-0.4, -0.2) is 20.0 Å². The molecule has 0 radical (unpaired) electrons. The smallest absolute Gasteiger partial charge is 0.0950 e. The average molecular weight is 210 g/mol. The van der Waals surface area contributed by atoms with Gasteiger partial charge in [0.05, 0.1) is 23.1 Å². The zero-order chi connectivity index (χ0) is 11.0. The van der Waals surface area contributed by atoms with Crippen LogP contribution >= 0.6 is 0 Å². The Balaban J connectivity index is 2.31. The first kappa shape index (κ1) is 9.03. The molecule has 0 aliphatic rings. The van der Waals surface area contributed by atoms with Crippen molar-refractivity contribution in [1.29, 1.82) is 0 Å². The first-order valence-corrected chi connectivity index (χ1v) is 5.08. The van der Waals surface area contributed by atoms with Gasteiger partial charge >= 0.3 is 0 Å². The van der Waals surface area contributed by atoms with Crippen molar-refractivity contribution in [2.45, 2.75) is 6.92 Å². The minimum atomic E-state index is 0.904. The third-order valence-electron chi connectivity index (χ3n) is 2.44. The SMILES string of the molecule is Cc1cnn(-c2cccc3ncccc23)n1. The molecule has 0 atom stereocenters. The van der Waals surface area contributed by atoms with Gasteiger partial charge < -0.3 is 0 Å². The molecule has 1 aromatic carbocycles. The highest BCUT2D eigenvalue weighted by Crippen LogP contribution is 2.18. The molecule has 4 heteroatoms. The predicted octanol–water partition coefficient (Wildman–Crippen LogP) is 2.12. The number of rotatable bonds is 1. The maximum Gasteiger partial charge on any atom is 0.0950 e. The number of hydrogen-bond donors (Lipinski definition) is 0. The highest BCUT2D eigenvalue weighted by molar-refractivity contribution is 5.86. The number of aryl methyl sites for hydroxylation is 1. The van der Waals surface area contributed by atoms with Crippen LogP contribution in [0.2, 0.25) is 0 Å². The Hall–Kier alpha value is -2.23. The fourth-order valence-electron chi connectivity index (χ4n) is 1.72.